The molecular formula is C16H18N4O2. The molecule has 1 aromatic heterocycles. The fraction of sp³-hybridized carbons (Fsp3) is 0.312. The van der Waals surface area contributed by atoms with Crippen LogP contribution in [0.1, 0.15) is 34.8 Å². The van der Waals surface area contributed by atoms with Crippen molar-refractivity contribution in [3.8, 4) is 0 Å². The summed E-state index contributed by atoms with van der Waals surface area (Å²) in [5, 5.41) is 5.74. The number of aryl methyl sites for hydroxylation is 1. The number of nitrogens with one attached hydrogen (secondary N) is 2. The summed E-state index contributed by atoms with van der Waals surface area (Å²) in [7, 11) is 0. The van der Waals surface area contributed by atoms with Crippen LogP contribution < -0.4 is 10.6 Å². The highest BCUT2D eigenvalue weighted by Gasteiger charge is 2.29. The molecule has 2 heterocycles. The first-order valence-corrected chi connectivity index (χ1v) is 7.36. The van der Waals surface area contributed by atoms with E-state index in [1.807, 2.05) is 29.0 Å². The van der Waals surface area contributed by atoms with Crippen LogP contribution in [0.25, 0.3) is 0 Å². The quantitative estimate of drug-likeness (QED) is 0.788. The van der Waals surface area contributed by atoms with Gasteiger partial charge < -0.3 is 15.2 Å². The summed E-state index contributed by atoms with van der Waals surface area (Å²) in [4.78, 5) is 27.8. The summed E-state index contributed by atoms with van der Waals surface area (Å²) in [6.07, 6.45) is 6.50. The number of carbonyl (C=O) groups is 2. The van der Waals surface area contributed by atoms with Crippen LogP contribution in [0.5, 0.6) is 0 Å². The van der Waals surface area contributed by atoms with Crippen LogP contribution in [-0.2, 0) is 11.3 Å². The van der Waals surface area contributed by atoms with Gasteiger partial charge in [0.05, 0.1) is 18.8 Å². The number of aromatic nitrogens is 2. The SMILES string of the molecule is O=C(C[C@@H]1NC(=O)c2ccccc21)NCCCn1ccnc1. The van der Waals surface area contributed by atoms with Crippen molar-refractivity contribution in [3.63, 3.8) is 0 Å². The Bertz CT molecular complexity index is 667. The van der Waals surface area contributed by atoms with Crippen LogP contribution in [0.3, 0.4) is 0 Å². The van der Waals surface area contributed by atoms with Gasteiger partial charge in [-0.25, -0.2) is 4.98 Å². The lowest BCUT2D eigenvalue weighted by molar-refractivity contribution is -0.121. The molecule has 6 heteroatoms. The van der Waals surface area contributed by atoms with Crippen LogP contribution >= 0.6 is 0 Å². The number of benzene rings is 1. The van der Waals surface area contributed by atoms with E-state index in [1.54, 1.807) is 18.6 Å². The van der Waals surface area contributed by atoms with Gasteiger partial charge in [0.25, 0.3) is 5.91 Å². The van der Waals surface area contributed by atoms with Crippen LogP contribution in [0.4, 0.5) is 0 Å². The van der Waals surface area contributed by atoms with Crippen molar-refractivity contribution < 1.29 is 9.59 Å². The topological polar surface area (TPSA) is 76.0 Å². The number of rotatable bonds is 6. The maximum absolute atomic E-state index is 12.0. The van der Waals surface area contributed by atoms with E-state index >= 15 is 0 Å². The third-order valence-corrected chi connectivity index (χ3v) is 3.75. The Morgan fingerprint density at radius 3 is 3.05 bits per heavy atom. The van der Waals surface area contributed by atoms with E-state index in [0.29, 0.717) is 12.1 Å². The number of fused-ring (bicyclic) bond motifs is 1. The zero-order valence-electron chi connectivity index (χ0n) is 12.2. The molecule has 1 aliphatic rings. The minimum atomic E-state index is -0.225. The molecule has 6 nitrogen and oxygen atoms in total. The maximum atomic E-state index is 12.0. The predicted molar refractivity (Wildman–Crippen MR) is 81.1 cm³/mol. The van der Waals surface area contributed by atoms with Crippen molar-refractivity contribution in [2.24, 2.45) is 0 Å². The van der Waals surface area contributed by atoms with Crippen molar-refractivity contribution in [3.05, 3.63) is 54.1 Å². The summed E-state index contributed by atoms with van der Waals surface area (Å²) in [5.74, 6) is -0.152. The van der Waals surface area contributed by atoms with Crippen molar-refractivity contribution in [2.45, 2.75) is 25.4 Å². The number of amides is 2. The summed E-state index contributed by atoms with van der Waals surface area (Å²) >= 11 is 0. The Kier molecular flexibility index (Phi) is 4.18. The number of carbonyl (C=O) groups excluding carboxylic acids is 2. The van der Waals surface area contributed by atoms with Gasteiger partial charge in [0.2, 0.25) is 5.91 Å². The molecule has 1 aromatic carbocycles. The number of hydrogen-bond donors (Lipinski definition) is 2. The third-order valence-electron chi connectivity index (χ3n) is 3.75. The van der Waals surface area contributed by atoms with E-state index in [-0.39, 0.29) is 24.3 Å². The van der Waals surface area contributed by atoms with Crippen molar-refractivity contribution in [2.75, 3.05) is 6.54 Å². The lowest BCUT2D eigenvalue weighted by Gasteiger charge is -2.12. The van der Waals surface area contributed by atoms with Gasteiger partial charge in [-0.2, -0.15) is 0 Å². The molecule has 114 valence electrons. The van der Waals surface area contributed by atoms with Gasteiger partial charge in [0, 0.05) is 31.0 Å². The van der Waals surface area contributed by atoms with Gasteiger partial charge in [0.1, 0.15) is 0 Å². The highest BCUT2D eigenvalue weighted by Crippen LogP contribution is 2.27. The van der Waals surface area contributed by atoms with Crippen LogP contribution in [0, 0.1) is 0 Å². The fourth-order valence-electron chi connectivity index (χ4n) is 2.65. The Labute approximate surface area is 128 Å². The first-order valence-electron chi connectivity index (χ1n) is 7.36. The minimum Gasteiger partial charge on any atom is -0.356 e. The van der Waals surface area contributed by atoms with Gasteiger partial charge >= 0.3 is 0 Å². The second-order valence-corrected chi connectivity index (χ2v) is 5.32. The van der Waals surface area contributed by atoms with Crippen molar-refractivity contribution in [1.29, 1.82) is 0 Å². The highest BCUT2D eigenvalue weighted by molar-refractivity contribution is 5.99. The van der Waals surface area contributed by atoms with Gasteiger partial charge in [-0.3, -0.25) is 9.59 Å². The van der Waals surface area contributed by atoms with E-state index in [1.165, 1.54) is 0 Å². The van der Waals surface area contributed by atoms with Crippen LogP contribution in [0.15, 0.2) is 43.0 Å². The van der Waals surface area contributed by atoms with E-state index in [9.17, 15) is 9.59 Å². The number of imidazole rings is 1. The van der Waals surface area contributed by atoms with E-state index < -0.39 is 0 Å². The van der Waals surface area contributed by atoms with E-state index in [2.05, 4.69) is 15.6 Å². The summed E-state index contributed by atoms with van der Waals surface area (Å²) in [5.41, 5.74) is 1.57. The average molecular weight is 298 g/mol. The molecule has 22 heavy (non-hydrogen) atoms. The first-order chi connectivity index (χ1) is 10.7. The lowest BCUT2D eigenvalue weighted by atomic mass is 10.0. The van der Waals surface area contributed by atoms with E-state index in [0.717, 1.165) is 18.5 Å². The predicted octanol–water partition coefficient (Wildman–Crippen LogP) is 1.26. The summed E-state index contributed by atoms with van der Waals surface area (Å²) < 4.78 is 1.97. The summed E-state index contributed by atoms with van der Waals surface area (Å²) in [6, 6.07) is 7.17. The largest absolute Gasteiger partial charge is 0.356 e. The maximum Gasteiger partial charge on any atom is 0.252 e. The Morgan fingerprint density at radius 2 is 2.23 bits per heavy atom. The first kappa shape index (κ1) is 14.3. The molecule has 0 aliphatic carbocycles. The molecule has 2 aromatic rings. The highest BCUT2D eigenvalue weighted by atomic mass is 16.2. The Hall–Kier alpha value is -2.63. The molecule has 0 saturated carbocycles. The molecule has 0 saturated heterocycles. The molecule has 0 radical (unpaired) electrons. The van der Waals surface area contributed by atoms with Crippen molar-refractivity contribution >= 4 is 11.8 Å². The van der Waals surface area contributed by atoms with Crippen LogP contribution in [-0.4, -0.2) is 27.9 Å². The van der Waals surface area contributed by atoms with Gasteiger partial charge in [-0.05, 0) is 18.1 Å². The smallest absolute Gasteiger partial charge is 0.252 e. The number of nitrogens with zero attached hydrogens (tertiary/aromatic N) is 2. The van der Waals surface area contributed by atoms with Crippen LogP contribution in [0.2, 0.25) is 0 Å². The van der Waals surface area contributed by atoms with Crippen molar-refractivity contribution in [1.82, 2.24) is 20.2 Å². The summed E-state index contributed by atoms with van der Waals surface area (Å²) in [6.45, 7) is 1.43. The zero-order chi connectivity index (χ0) is 15.4. The van der Waals surface area contributed by atoms with Gasteiger partial charge in [0.15, 0.2) is 0 Å². The van der Waals surface area contributed by atoms with Gasteiger partial charge in [-0.1, -0.05) is 18.2 Å². The molecule has 2 amide bonds. The molecule has 1 atom stereocenters. The minimum absolute atomic E-state index is 0.0485. The third kappa shape index (κ3) is 3.16. The van der Waals surface area contributed by atoms with E-state index in [4.69, 9.17) is 0 Å². The zero-order valence-corrected chi connectivity index (χ0v) is 12.2. The Balaban J connectivity index is 1.45. The fourth-order valence-corrected chi connectivity index (χ4v) is 2.65. The number of hydrogen-bond acceptors (Lipinski definition) is 3. The molecule has 0 unspecified atom stereocenters. The standard InChI is InChI=1S/C16H18N4O2/c21-15(18-6-3-8-20-9-7-17-11-20)10-14-12-4-1-2-5-13(12)16(22)19-14/h1-2,4-5,7,9,11,14H,3,6,8,10H2,(H,18,21)(H,19,22)/t14-/m0/s1. The molecule has 2 N–H and O–H groups in total. The Morgan fingerprint density at radius 1 is 1.36 bits per heavy atom. The molecule has 3 rings (SSSR count). The molecule has 0 bridgehead atoms. The normalized spacial score (nSPS) is 16.2. The molecule has 0 fully saturated rings. The second-order valence-electron chi connectivity index (χ2n) is 5.32. The molecule has 0 spiro atoms. The molecular weight excluding hydrogens is 280 g/mol. The molecule has 1 aliphatic heterocycles. The monoisotopic (exact) mass is 298 g/mol. The van der Waals surface area contributed by atoms with Gasteiger partial charge in [-0.15, -0.1) is 0 Å². The lowest BCUT2D eigenvalue weighted by Crippen LogP contribution is -2.30. The average Bonchev–Trinajstić information content (AvgIpc) is 3.13. The second kappa shape index (κ2) is 6.43.